The minimum atomic E-state index is 0.399. The lowest BCUT2D eigenvalue weighted by atomic mass is 9.99. The zero-order valence-electron chi connectivity index (χ0n) is 12.9. The molecule has 1 aliphatic carbocycles. The average Bonchev–Trinajstić information content (AvgIpc) is 3.18. The number of hydrogen-bond donors (Lipinski definition) is 1. The molecule has 3 nitrogen and oxygen atoms in total. The quantitative estimate of drug-likeness (QED) is 0.900. The van der Waals surface area contributed by atoms with Gasteiger partial charge in [-0.2, -0.15) is 5.10 Å². The Balaban J connectivity index is 1.87. The number of hydrogen-bond acceptors (Lipinski definition) is 2. The maximum absolute atomic E-state index is 6.45. The van der Waals surface area contributed by atoms with Crippen LogP contribution in [0, 0.1) is 0 Å². The Morgan fingerprint density at radius 1 is 1.38 bits per heavy atom. The van der Waals surface area contributed by atoms with Crippen molar-refractivity contribution in [2.45, 2.75) is 45.2 Å². The van der Waals surface area contributed by atoms with Gasteiger partial charge in [0.05, 0.1) is 5.69 Å². The number of rotatable bonds is 5. The lowest BCUT2D eigenvalue weighted by Gasteiger charge is -2.09. The van der Waals surface area contributed by atoms with Crippen LogP contribution in [0.3, 0.4) is 0 Å². The Kier molecular flexibility index (Phi) is 4.05. The third-order valence-electron chi connectivity index (χ3n) is 3.93. The summed E-state index contributed by atoms with van der Waals surface area (Å²) in [5, 5.41) is 8.91. The van der Waals surface area contributed by atoms with Crippen LogP contribution in [0.1, 0.15) is 43.9 Å². The van der Waals surface area contributed by atoms with Gasteiger partial charge < -0.3 is 5.32 Å². The molecule has 1 fully saturated rings. The molecule has 1 aromatic carbocycles. The lowest BCUT2D eigenvalue weighted by Crippen LogP contribution is -2.15. The summed E-state index contributed by atoms with van der Waals surface area (Å²) < 4.78 is 1.88. The Morgan fingerprint density at radius 2 is 2.14 bits per heavy atom. The third-order valence-corrected chi connectivity index (χ3v) is 4.28. The van der Waals surface area contributed by atoms with Gasteiger partial charge in [0.25, 0.3) is 0 Å². The van der Waals surface area contributed by atoms with Gasteiger partial charge in [0, 0.05) is 36.4 Å². The molecule has 112 valence electrons. The summed E-state index contributed by atoms with van der Waals surface area (Å²) in [6.45, 7) is 5.19. The number of halogens is 1. The first kappa shape index (κ1) is 14.6. The summed E-state index contributed by atoms with van der Waals surface area (Å²) in [5.74, 6) is 0.399. The van der Waals surface area contributed by atoms with E-state index in [1.807, 2.05) is 11.7 Å². The van der Waals surface area contributed by atoms with Crippen molar-refractivity contribution in [3.05, 3.63) is 40.7 Å². The first-order valence-corrected chi connectivity index (χ1v) is 7.98. The van der Waals surface area contributed by atoms with Crippen LogP contribution in [0.2, 0.25) is 5.02 Å². The fraction of sp³-hybridized carbons (Fsp3) is 0.471. The molecule has 21 heavy (non-hydrogen) atoms. The zero-order valence-corrected chi connectivity index (χ0v) is 13.6. The van der Waals surface area contributed by atoms with E-state index in [9.17, 15) is 0 Å². The molecular weight excluding hydrogens is 282 g/mol. The van der Waals surface area contributed by atoms with Crippen LogP contribution in [-0.2, 0) is 13.6 Å². The fourth-order valence-corrected chi connectivity index (χ4v) is 2.80. The molecule has 3 rings (SSSR count). The predicted octanol–water partition coefficient (Wildman–Crippen LogP) is 4.12. The van der Waals surface area contributed by atoms with Crippen LogP contribution in [0.4, 0.5) is 0 Å². The van der Waals surface area contributed by atoms with E-state index in [1.54, 1.807) is 0 Å². The molecule has 0 amide bonds. The van der Waals surface area contributed by atoms with Crippen molar-refractivity contribution in [3.63, 3.8) is 0 Å². The molecule has 0 aliphatic heterocycles. The summed E-state index contributed by atoms with van der Waals surface area (Å²) in [7, 11) is 1.96. The minimum absolute atomic E-state index is 0.399. The number of benzene rings is 1. The van der Waals surface area contributed by atoms with Crippen LogP contribution in [-0.4, -0.2) is 15.8 Å². The minimum Gasteiger partial charge on any atom is -0.310 e. The van der Waals surface area contributed by atoms with E-state index in [1.165, 1.54) is 24.0 Å². The first-order valence-electron chi connectivity index (χ1n) is 7.60. The van der Waals surface area contributed by atoms with Gasteiger partial charge in [-0.3, -0.25) is 4.68 Å². The molecule has 1 aliphatic rings. The van der Waals surface area contributed by atoms with E-state index in [0.29, 0.717) is 12.0 Å². The summed E-state index contributed by atoms with van der Waals surface area (Å²) in [6.07, 6.45) is 4.66. The van der Waals surface area contributed by atoms with E-state index in [0.717, 1.165) is 22.8 Å². The standard InChI is InChI=1S/C17H22ClN3/c1-11(2)17-15(10-21(3)20-17)12-4-5-13(16(18)8-12)9-19-14-6-7-14/h4-5,8,10-11,14,19H,6-7,9H2,1-3H3. The van der Waals surface area contributed by atoms with Gasteiger partial charge in [0.1, 0.15) is 0 Å². The Labute approximate surface area is 131 Å². The highest BCUT2D eigenvalue weighted by Crippen LogP contribution is 2.31. The third kappa shape index (κ3) is 3.30. The van der Waals surface area contributed by atoms with Crippen molar-refractivity contribution in [3.8, 4) is 11.1 Å². The molecule has 0 unspecified atom stereocenters. The second kappa shape index (κ2) is 5.82. The Hall–Kier alpha value is -1.32. The van der Waals surface area contributed by atoms with Gasteiger partial charge >= 0.3 is 0 Å². The second-order valence-electron chi connectivity index (χ2n) is 6.22. The second-order valence-corrected chi connectivity index (χ2v) is 6.62. The molecule has 0 spiro atoms. The normalized spacial score (nSPS) is 14.9. The summed E-state index contributed by atoms with van der Waals surface area (Å²) in [6, 6.07) is 7.05. The maximum Gasteiger partial charge on any atom is 0.0728 e. The largest absolute Gasteiger partial charge is 0.310 e. The molecule has 0 bridgehead atoms. The zero-order chi connectivity index (χ0) is 15.0. The SMILES string of the molecule is CC(C)c1nn(C)cc1-c1ccc(CNC2CC2)c(Cl)c1. The summed E-state index contributed by atoms with van der Waals surface area (Å²) >= 11 is 6.45. The van der Waals surface area contributed by atoms with Crippen molar-refractivity contribution in [2.75, 3.05) is 0 Å². The smallest absolute Gasteiger partial charge is 0.0728 e. The first-order chi connectivity index (χ1) is 10.0. The topological polar surface area (TPSA) is 29.9 Å². The average molecular weight is 304 g/mol. The number of nitrogens with zero attached hydrogens (tertiary/aromatic N) is 2. The number of aryl methyl sites for hydroxylation is 1. The summed E-state index contributed by atoms with van der Waals surface area (Å²) in [4.78, 5) is 0. The van der Waals surface area contributed by atoms with E-state index >= 15 is 0 Å². The molecule has 1 heterocycles. The van der Waals surface area contributed by atoms with Crippen molar-refractivity contribution >= 4 is 11.6 Å². The molecule has 2 aromatic rings. The van der Waals surface area contributed by atoms with Crippen LogP contribution < -0.4 is 5.32 Å². The molecule has 0 radical (unpaired) electrons. The lowest BCUT2D eigenvalue weighted by molar-refractivity contribution is 0.688. The van der Waals surface area contributed by atoms with E-state index < -0.39 is 0 Å². The Morgan fingerprint density at radius 3 is 2.76 bits per heavy atom. The van der Waals surface area contributed by atoms with Crippen LogP contribution in [0.5, 0.6) is 0 Å². The molecule has 1 N–H and O–H groups in total. The van der Waals surface area contributed by atoms with E-state index in [-0.39, 0.29) is 0 Å². The molecular formula is C17H22ClN3. The Bertz CT molecular complexity index is 641. The maximum atomic E-state index is 6.45. The van der Waals surface area contributed by atoms with Gasteiger partial charge in [-0.25, -0.2) is 0 Å². The van der Waals surface area contributed by atoms with Gasteiger partial charge in [-0.1, -0.05) is 37.6 Å². The summed E-state index contributed by atoms with van der Waals surface area (Å²) in [5.41, 5.74) is 4.61. The fourth-order valence-electron chi connectivity index (χ4n) is 2.55. The van der Waals surface area contributed by atoms with Crippen LogP contribution >= 0.6 is 11.6 Å². The van der Waals surface area contributed by atoms with Crippen molar-refractivity contribution < 1.29 is 0 Å². The highest BCUT2D eigenvalue weighted by atomic mass is 35.5. The van der Waals surface area contributed by atoms with Crippen LogP contribution in [0.25, 0.3) is 11.1 Å². The molecule has 4 heteroatoms. The van der Waals surface area contributed by atoms with Crippen molar-refractivity contribution in [1.29, 1.82) is 0 Å². The van der Waals surface area contributed by atoms with E-state index in [2.05, 4.69) is 48.7 Å². The van der Waals surface area contributed by atoms with E-state index in [4.69, 9.17) is 11.6 Å². The molecule has 0 saturated heterocycles. The van der Waals surface area contributed by atoms with Crippen molar-refractivity contribution in [2.24, 2.45) is 7.05 Å². The van der Waals surface area contributed by atoms with Crippen LogP contribution in [0.15, 0.2) is 24.4 Å². The van der Waals surface area contributed by atoms with Gasteiger partial charge in [-0.05, 0) is 36.0 Å². The van der Waals surface area contributed by atoms with Gasteiger partial charge in [-0.15, -0.1) is 0 Å². The molecule has 1 saturated carbocycles. The number of aromatic nitrogens is 2. The number of nitrogens with one attached hydrogen (secondary N) is 1. The highest BCUT2D eigenvalue weighted by Gasteiger charge is 2.20. The monoisotopic (exact) mass is 303 g/mol. The highest BCUT2D eigenvalue weighted by molar-refractivity contribution is 6.31. The predicted molar refractivity (Wildman–Crippen MR) is 87.6 cm³/mol. The van der Waals surface area contributed by atoms with Gasteiger partial charge in [0.2, 0.25) is 0 Å². The van der Waals surface area contributed by atoms with Gasteiger partial charge in [0.15, 0.2) is 0 Å². The molecule has 0 atom stereocenters. The molecule has 1 aromatic heterocycles. The van der Waals surface area contributed by atoms with Crippen molar-refractivity contribution in [1.82, 2.24) is 15.1 Å².